The van der Waals surface area contributed by atoms with Gasteiger partial charge in [0.15, 0.2) is 0 Å². The highest BCUT2D eigenvalue weighted by molar-refractivity contribution is 7.89. The minimum Gasteiger partial charge on any atom is -0.384 e. The Morgan fingerprint density at radius 2 is 1.62 bits per heavy atom. The molecule has 0 unspecified atom stereocenters. The molecule has 1 aromatic heterocycles. The van der Waals surface area contributed by atoms with Crippen LogP contribution in [0.15, 0.2) is 102 Å². The maximum atomic E-state index is 13.3. The van der Waals surface area contributed by atoms with Crippen molar-refractivity contribution < 1.29 is 13.2 Å². The number of hydrogen-bond donors (Lipinski definition) is 5. The maximum absolute atomic E-state index is 13.3. The van der Waals surface area contributed by atoms with E-state index in [4.69, 9.17) is 16.3 Å². The Bertz CT molecular complexity index is 1520. The molecule has 0 radical (unpaired) electrons. The highest BCUT2D eigenvalue weighted by atomic mass is 32.2. The average Bonchev–Trinajstić information content (AvgIpc) is 2.89. The second-order valence-corrected chi connectivity index (χ2v) is 9.89. The number of nitrogens with zero attached hydrogens (tertiary/aromatic N) is 1. The van der Waals surface area contributed by atoms with E-state index in [2.05, 4.69) is 15.6 Å². The van der Waals surface area contributed by atoms with Crippen LogP contribution in [-0.2, 0) is 21.2 Å². The third-order valence-electron chi connectivity index (χ3n) is 5.68. The van der Waals surface area contributed by atoms with E-state index in [0.717, 1.165) is 5.56 Å². The van der Waals surface area contributed by atoms with Crippen LogP contribution in [-0.4, -0.2) is 31.2 Å². The highest BCUT2D eigenvalue weighted by Gasteiger charge is 2.20. The molecule has 4 aromatic rings. The molecule has 1 atom stereocenters. The number of amidine groups is 1. The second kappa shape index (κ2) is 11.0. The van der Waals surface area contributed by atoms with Gasteiger partial charge in [-0.25, -0.2) is 13.6 Å². The van der Waals surface area contributed by atoms with Crippen LogP contribution in [0.5, 0.6) is 0 Å². The number of primary sulfonamides is 1. The molecule has 0 saturated carbocycles. The Morgan fingerprint density at radius 1 is 0.919 bits per heavy atom. The van der Waals surface area contributed by atoms with Gasteiger partial charge in [0, 0.05) is 41.3 Å². The molecule has 1 amide bonds. The second-order valence-electron chi connectivity index (χ2n) is 8.36. The monoisotopic (exact) mass is 514 g/mol. The summed E-state index contributed by atoms with van der Waals surface area (Å²) in [6.45, 7) is 0. The normalized spacial score (nSPS) is 11.9. The lowest BCUT2D eigenvalue weighted by Crippen LogP contribution is -2.36. The molecule has 10 heteroatoms. The molecular formula is C27H26N6O3S. The number of aromatic nitrogens is 1. The summed E-state index contributed by atoms with van der Waals surface area (Å²) in [5.74, 6) is -0.342. The SMILES string of the molecule is N=C(N)c1cccc(N[C@@H](Cc2ccncc2)C(=O)Nc2ccc(-c3ccccc3S(N)(=O)=O)cc2)c1. The summed E-state index contributed by atoms with van der Waals surface area (Å²) in [5, 5.41) is 19.2. The molecule has 7 N–H and O–H groups in total. The lowest BCUT2D eigenvalue weighted by molar-refractivity contribution is -0.116. The van der Waals surface area contributed by atoms with Crippen molar-refractivity contribution in [1.29, 1.82) is 5.41 Å². The fourth-order valence-corrected chi connectivity index (χ4v) is 4.62. The van der Waals surface area contributed by atoms with E-state index < -0.39 is 16.1 Å². The van der Waals surface area contributed by atoms with E-state index in [1.165, 1.54) is 6.07 Å². The van der Waals surface area contributed by atoms with Crippen molar-refractivity contribution >= 4 is 33.1 Å². The number of nitrogens with one attached hydrogen (secondary N) is 3. The van der Waals surface area contributed by atoms with E-state index in [9.17, 15) is 13.2 Å². The molecule has 9 nitrogen and oxygen atoms in total. The quantitative estimate of drug-likeness (QED) is 0.170. The zero-order chi connectivity index (χ0) is 26.4. The first-order chi connectivity index (χ1) is 17.7. The predicted octanol–water partition coefficient (Wildman–Crippen LogP) is 3.34. The first-order valence-corrected chi connectivity index (χ1v) is 12.9. The molecule has 0 bridgehead atoms. The third-order valence-corrected chi connectivity index (χ3v) is 6.65. The summed E-state index contributed by atoms with van der Waals surface area (Å²) >= 11 is 0. The zero-order valence-corrected chi connectivity index (χ0v) is 20.6. The summed E-state index contributed by atoms with van der Waals surface area (Å²) in [4.78, 5) is 17.4. The minimum atomic E-state index is -3.89. The number of carbonyl (C=O) groups excluding carboxylic acids is 1. The van der Waals surface area contributed by atoms with Crippen LogP contribution in [0.25, 0.3) is 11.1 Å². The van der Waals surface area contributed by atoms with Crippen molar-refractivity contribution in [3.63, 3.8) is 0 Å². The maximum Gasteiger partial charge on any atom is 0.247 e. The van der Waals surface area contributed by atoms with Gasteiger partial charge >= 0.3 is 0 Å². The number of nitrogens with two attached hydrogens (primary N) is 2. The Hall–Kier alpha value is -4.54. The molecule has 0 aliphatic heterocycles. The summed E-state index contributed by atoms with van der Waals surface area (Å²) in [5.41, 5.74) is 9.39. The summed E-state index contributed by atoms with van der Waals surface area (Å²) in [7, 11) is -3.89. The Labute approximate surface area is 215 Å². The van der Waals surface area contributed by atoms with Gasteiger partial charge < -0.3 is 16.4 Å². The molecule has 0 fully saturated rings. The predicted molar refractivity (Wildman–Crippen MR) is 145 cm³/mol. The van der Waals surface area contributed by atoms with Gasteiger partial charge in [-0.05, 0) is 53.6 Å². The van der Waals surface area contributed by atoms with E-state index >= 15 is 0 Å². The summed E-state index contributed by atoms with van der Waals surface area (Å²) in [6.07, 6.45) is 3.72. The lowest BCUT2D eigenvalue weighted by Gasteiger charge is -2.20. The van der Waals surface area contributed by atoms with Crippen LogP contribution in [0.4, 0.5) is 11.4 Å². The lowest BCUT2D eigenvalue weighted by atomic mass is 10.0. The topological polar surface area (TPSA) is 164 Å². The van der Waals surface area contributed by atoms with Gasteiger partial charge in [-0.15, -0.1) is 0 Å². The molecule has 188 valence electrons. The van der Waals surface area contributed by atoms with E-state index in [1.54, 1.807) is 79.1 Å². The van der Waals surface area contributed by atoms with Gasteiger partial charge in [0.1, 0.15) is 11.9 Å². The Balaban J connectivity index is 1.56. The van der Waals surface area contributed by atoms with Gasteiger partial charge in [0.05, 0.1) is 4.90 Å². The molecule has 4 rings (SSSR count). The fraction of sp³-hybridized carbons (Fsp3) is 0.0741. The van der Waals surface area contributed by atoms with Gasteiger partial charge in [-0.1, -0.05) is 42.5 Å². The number of anilines is 2. The number of hydrogen-bond acceptors (Lipinski definition) is 6. The molecule has 1 heterocycles. The van der Waals surface area contributed by atoms with Gasteiger partial charge in [0.2, 0.25) is 15.9 Å². The van der Waals surface area contributed by atoms with Gasteiger partial charge in [-0.2, -0.15) is 0 Å². The first-order valence-electron chi connectivity index (χ1n) is 11.3. The largest absolute Gasteiger partial charge is 0.384 e. The van der Waals surface area contributed by atoms with Crippen molar-refractivity contribution in [2.45, 2.75) is 17.4 Å². The van der Waals surface area contributed by atoms with Gasteiger partial charge in [-0.3, -0.25) is 15.2 Å². The number of carbonyl (C=O) groups is 1. The summed E-state index contributed by atoms with van der Waals surface area (Å²) in [6, 6.07) is 23.4. The van der Waals surface area contributed by atoms with E-state index in [-0.39, 0.29) is 16.6 Å². The van der Waals surface area contributed by atoms with Crippen LogP contribution >= 0.6 is 0 Å². The molecule has 0 spiro atoms. The molecule has 0 aliphatic carbocycles. The van der Waals surface area contributed by atoms with Crippen LogP contribution in [0, 0.1) is 5.41 Å². The fourth-order valence-electron chi connectivity index (χ4n) is 3.86. The van der Waals surface area contributed by atoms with Crippen LogP contribution < -0.4 is 21.5 Å². The Kier molecular flexibility index (Phi) is 7.61. The number of sulfonamides is 1. The van der Waals surface area contributed by atoms with Crippen molar-refractivity contribution in [3.8, 4) is 11.1 Å². The van der Waals surface area contributed by atoms with Crippen molar-refractivity contribution in [1.82, 2.24) is 4.98 Å². The van der Waals surface area contributed by atoms with Crippen molar-refractivity contribution in [2.75, 3.05) is 10.6 Å². The minimum absolute atomic E-state index is 0.0289. The average molecular weight is 515 g/mol. The number of benzene rings is 3. The van der Waals surface area contributed by atoms with Crippen molar-refractivity contribution in [3.05, 3.63) is 108 Å². The molecule has 3 aromatic carbocycles. The molecule has 0 saturated heterocycles. The molecule has 37 heavy (non-hydrogen) atoms. The first kappa shape index (κ1) is 25.5. The van der Waals surface area contributed by atoms with Crippen molar-refractivity contribution in [2.24, 2.45) is 10.9 Å². The van der Waals surface area contributed by atoms with Crippen LogP contribution in [0.1, 0.15) is 11.1 Å². The third kappa shape index (κ3) is 6.57. The Morgan fingerprint density at radius 3 is 2.30 bits per heavy atom. The number of amides is 1. The number of pyridine rings is 1. The standard InChI is InChI=1S/C27H26N6O3S/c28-26(29)20-4-3-5-22(17-20)32-24(16-18-12-14-31-15-13-18)27(34)33-21-10-8-19(9-11-21)23-6-1-2-7-25(23)37(30,35)36/h1-15,17,24,32H,16H2,(H3,28,29)(H,33,34)(H2,30,35,36)/t24-/m0/s1. The molecule has 0 aliphatic rings. The zero-order valence-electron chi connectivity index (χ0n) is 19.8. The van der Waals surface area contributed by atoms with Gasteiger partial charge in [0.25, 0.3) is 0 Å². The van der Waals surface area contributed by atoms with E-state index in [1.807, 2.05) is 12.1 Å². The number of nitrogen functional groups attached to an aromatic ring is 1. The summed E-state index contributed by atoms with van der Waals surface area (Å²) < 4.78 is 23.9. The van der Waals surface area contributed by atoms with Crippen LogP contribution in [0.2, 0.25) is 0 Å². The van der Waals surface area contributed by atoms with E-state index in [0.29, 0.717) is 34.5 Å². The smallest absolute Gasteiger partial charge is 0.247 e. The molecular weight excluding hydrogens is 488 g/mol. The number of rotatable bonds is 9. The van der Waals surface area contributed by atoms with Crippen LogP contribution in [0.3, 0.4) is 0 Å². The highest BCUT2D eigenvalue weighted by Crippen LogP contribution is 2.27.